The summed E-state index contributed by atoms with van der Waals surface area (Å²) in [5.74, 6) is 0.450. The Kier molecular flexibility index (Phi) is 5.08. The van der Waals surface area contributed by atoms with Gasteiger partial charge in [0.15, 0.2) is 0 Å². The smallest absolute Gasteiger partial charge is 0.271 e. The fourth-order valence-corrected chi connectivity index (χ4v) is 5.08. The molecule has 2 aliphatic rings. The number of rotatable bonds is 4. The Balaban J connectivity index is 1.53. The van der Waals surface area contributed by atoms with E-state index in [2.05, 4.69) is 5.32 Å². The molecule has 1 atom stereocenters. The molecule has 2 amide bonds. The lowest BCUT2D eigenvalue weighted by molar-refractivity contribution is -0.134. The summed E-state index contributed by atoms with van der Waals surface area (Å²) >= 11 is 0. The summed E-state index contributed by atoms with van der Waals surface area (Å²) in [6.07, 6.45) is 8.35. The fourth-order valence-electron chi connectivity index (χ4n) is 5.08. The van der Waals surface area contributed by atoms with Crippen LogP contribution in [0, 0.1) is 0 Å². The summed E-state index contributed by atoms with van der Waals surface area (Å²) in [7, 11) is 0. The molecule has 1 fully saturated rings. The van der Waals surface area contributed by atoms with Crippen molar-refractivity contribution in [3.05, 3.63) is 60.2 Å². The van der Waals surface area contributed by atoms with E-state index in [1.165, 1.54) is 12.8 Å². The lowest BCUT2D eigenvalue weighted by atomic mass is 9.93. The van der Waals surface area contributed by atoms with Crippen molar-refractivity contribution in [2.75, 3.05) is 0 Å². The van der Waals surface area contributed by atoms with Crippen molar-refractivity contribution < 1.29 is 14.0 Å². The first-order chi connectivity index (χ1) is 15.1. The van der Waals surface area contributed by atoms with Gasteiger partial charge in [0.25, 0.3) is 5.91 Å². The molecule has 0 radical (unpaired) electrons. The highest BCUT2D eigenvalue weighted by Crippen LogP contribution is 2.34. The number of amides is 2. The number of nitrogens with zero attached hydrogens (tertiary/aromatic N) is 2. The van der Waals surface area contributed by atoms with Crippen LogP contribution in [0.15, 0.2) is 53.1 Å². The van der Waals surface area contributed by atoms with Gasteiger partial charge < -0.3 is 19.2 Å². The lowest BCUT2D eigenvalue weighted by Gasteiger charge is -2.44. The highest BCUT2D eigenvalue weighted by Gasteiger charge is 2.48. The Labute approximate surface area is 182 Å². The standard InChI is InChI=1S/C25H29N3O3/c1-25(24(30)26-19-10-4-2-3-5-11-19)17-27-21-13-7-6-9-18(21)15-22(27)23(29)28(25)16-20-12-8-14-31-20/h6-9,12-15,19H,2-5,10-11,16-17H2,1H3,(H,26,30)/t25-/m1/s1. The number of furan rings is 1. The van der Waals surface area contributed by atoms with Gasteiger partial charge >= 0.3 is 0 Å². The summed E-state index contributed by atoms with van der Waals surface area (Å²) < 4.78 is 7.54. The molecule has 5 rings (SSSR count). The van der Waals surface area contributed by atoms with E-state index in [-0.39, 0.29) is 24.4 Å². The summed E-state index contributed by atoms with van der Waals surface area (Å²) in [4.78, 5) is 29.1. The Morgan fingerprint density at radius 3 is 2.65 bits per heavy atom. The van der Waals surface area contributed by atoms with Gasteiger partial charge in [0.1, 0.15) is 17.0 Å². The SMILES string of the molecule is C[C@]1(C(=O)NC2CCCCCC2)Cn2c(cc3ccccc32)C(=O)N1Cc1ccco1. The normalized spacial score (nSPS) is 22.4. The minimum Gasteiger partial charge on any atom is -0.467 e. The van der Waals surface area contributed by atoms with Crippen LogP contribution < -0.4 is 5.32 Å². The fraction of sp³-hybridized carbons (Fsp3) is 0.440. The monoisotopic (exact) mass is 419 g/mol. The second-order valence-electron chi connectivity index (χ2n) is 9.08. The zero-order chi connectivity index (χ0) is 21.4. The van der Waals surface area contributed by atoms with Gasteiger partial charge in [-0.3, -0.25) is 9.59 Å². The molecule has 1 aliphatic carbocycles. The number of benzene rings is 1. The van der Waals surface area contributed by atoms with Crippen LogP contribution in [-0.2, 0) is 17.9 Å². The molecule has 162 valence electrons. The Morgan fingerprint density at radius 1 is 1.13 bits per heavy atom. The van der Waals surface area contributed by atoms with Crippen LogP contribution in [-0.4, -0.2) is 32.9 Å². The molecular weight excluding hydrogens is 390 g/mol. The maximum atomic E-state index is 13.7. The predicted octanol–water partition coefficient (Wildman–Crippen LogP) is 4.49. The molecule has 6 heteroatoms. The number of para-hydroxylation sites is 1. The van der Waals surface area contributed by atoms with Crippen molar-refractivity contribution in [3.8, 4) is 0 Å². The van der Waals surface area contributed by atoms with Crippen molar-refractivity contribution in [1.82, 2.24) is 14.8 Å². The van der Waals surface area contributed by atoms with Crippen molar-refractivity contribution in [2.24, 2.45) is 0 Å². The third-order valence-electron chi connectivity index (χ3n) is 6.91. The Hall–Kier alpha value is -3.02. The third-order valence-corrected chi connectivity index (χ3v) is 6.91. The molecular formula is C25H29N3O3. The van der Waals surface area contributed by atoms with E-state index in [1.807, 2.05) is 54.0 Å². The topological polar surface area (TPSA) is 67.5 Å². The number of hydrogen-bond donors (Lipinski definition) is 1. The molecule has 1 N–H and O–H groups in total. The zero-order valence-corrected chi connectivity index (χ0v) is 18.0. The van der Waals surface area contributed by atoms with Crippen LogP contribution in [0.5, 0.6) is 0 Å². The van der Waals surface area contributed by atoms with E-state index in [4.69, 9.17) is 4.42 Å². The molecule has 0 spiro atoms. The van der Waals surface area contributed by atoms with Crippen LogP contribution in [0.25, 0.3) is 10.9 Å². The molecule has 0 bridgehead atoms. The number of carbonyl (C=O) groups excluding carboxylic acids is 2. The maximum Gasteiger partial charge on any atom is 0.271 e. The molecule has 1 saturated carbocycles. The van der Waals surface area contributed by atoms with Crippen LogP contribution in [0.3, 0.4) is 0 Å². The number of nitrogens with one attached hydrogen (secondary N) is 1. The lowest BCUT2D eigenvalue weighted by Crippen LogP contribution is -2.64. The van der Waals surface area contributed by atoms with Gasteiger partial charge in [-0.25, -0.2) is 0 Å². The number of carbonyl (C=O) groups is 2. The molecule has 3 aromatic rings. The predicted molar refractivity (Wildman–Crippen MR) is 119 cm³/mol. The second kappa shape index (κ2) is 7.91. The van der Waals surface area contributed by atoms with Gasteiger partial charge in [-0.15, -0.1) is 0 Å². The quantitative estimate of drug-likeness (QED) is 0.634. The summed E-state index contributed by atoms with van der Waals surface area (Å²) in [5.41, 5.74) is 0.592. The van der Waals surface area contributed by atoms with E-state index in [9.17, 15) is 9.59 Å². The van der Waals surface area contributed by atoms with E-state index < -0.39 is 5.54 Å². The van der Waals surface area contributed by atoms with Gasteiger partial charge in [-0.05, 0) is 44.0 Å². The van der Waals surface area contributed by atoms with Crippen molar-refractivity contribution in [2.45, 2.75) is 70.1 Å². The zero-order valence-electron chi connectivity index (χ0n) is 18.0. The van der Waals surface area contributed by atoms with Gasteiger partial charge in [0.2, 0.25) is 5.91 Å². The van der Waals surface area contributed by atoms with Crippen molar-refractivity contribution in [3.63, 3.8) is 0 Å². The van der Waals surface area contributed by atoms with Crippen molar-refractivity contribution >= 4 is 22.7 Å². The number of aromatic nitrogens is 1. The van der Waals surface area contributed by atoms with Gasteiger partial charge in [0.05, 0.1) is 19.4 Å². The first kappa shape index (κ1) is 19.9. The molecule has 3 heterocycles. The highest BCUT2D eigenvalue weighted by atomic mass is 16.3. The average Bonchev–Trinajstić information content (AvgIpc) is 3.33. The molecule has 6 nitrogen and oxygen atoms in total. The van der Waals surface area contributed by atoms with Gasteiger partial charge in [-0.1, -0.05) is 43.9 Å². The van der Waals surface area contributed by atoms with E-state index in [0.29, 0.717) is 18.0 Å². The first-order valence-electron chi connectivity index (χ1n) is 11.3. The average molecular weight is 420 g/mol. The minimum atomic E-state index is -1.01. The van der Waals surface area contributed by atoms with Crippen LogP contribution in [0.4, 0.5) is 0 Å². The largest absolute Gasteiger partial charge is 0.467 e. The van der Waals surface area contributed by atoms with Gasteiger partial charge in [0, 0.05) is 16.9 Å². The van der Waals surface area contributed by atoms with E-state index in [1.54, 1.807) is 11.2 Å². The van der Waals surface area contributed by atoms with Crippen LogP contribution in [0.2, 0.25) is 0 Å². The molecule has 31 heavy (non-hydrogen) atoms. The third kappa shape index (κ3) is 3.54. The second-order valence-corrected chi connectivity index (χ2v) is 9.08. The summed E-state index contributed by atoms with van der Waals surface area (Å²) in [6, 6.07) is 13.7. The number of hydrogen-bond acceptors (Lipinski definition) is 3. The minimum absolute atomic E-state index is 0.0808. The first-order valence-corrected chi connectivity index (χ1v) is 11.3. The molecule has 0 saturated heterocycles. The summed E-state index contributed by atoms with van der Waals surface area (Å²) in [5, 5.41) is 4.30. The Bertz CT molecular complexity index is 1090. The Morgan fingerprint density at radius 2 is 1.90 bits per heavy atom. The van der Waals surface area contributed by atoms with Crippen LogP contribution in [0.1, 0.15) is 61.7 Å². The molecule has 0 unspecified atom stereocenters. The maximum absolute atomic E-state index is 13.7. The van der Waals surface area contributed by atoms with E-state index in [0.717, 1.165) is 36.6 Å². The van der Waals surface area contributed by atoms with Crippen molar-refractivity contribution in [1.29, 1.82) is 0 Å². The summed E-state index contributed by atoms with van der Waals surface area (Å²) in [6.45, 7) is 2.57. The molecule has 2 aromatic heterocycles. The van der Waals surface area contributed by atoms with Gasteiger partial charge in [-0.2, -0.15) is 0 Å². The van der Waals surface area contributed by atoms with E-state index >= 15 is 0 Å². The highest BCUT2D eigenvalue weighted by molar-refractivity contribution is 6.03. The number of fused-ring (bicyclic) bond motifs is 3. The van der Waals surface area contributed by atoms with Crippen LogP contribution >= 0.6 is 0 Å². The molecule has 1 aromatic carbocycles. The molecule has 1 aliphatic heterocycles.